The summed E-state index contributed by atoms with van der Waals surface area (Å²) in [4.78, 5) is 25.9. The Bertz CT molecular complexity index is 572. The first-order valence-electron chi connectivity index (χ1n) is 6.02. The molecule has 0 bridgehead atoms. The van der Waals surface area contributed by atoms with Crippen LogP contribution >= 0.6 is 0 Å². The van der Waals surface area contributed by atoms with E-state index in [1.165, 1.54) is 25.3 Å². The molecule has 0 spiro atoms. The lowest BCUT2D eigenvalue weighted by Crippen LogP contribution is -2.33. The van der Waals surface area contributed by atoms with Crippen molar-refractivity contribution in [1.82, 2.24) is 0 Å². The molecule has 0 amide bonds. The quantitative estimate of drug-likeness (QED) is 0.478. The van der Waals surface area contributed by atoms with Crippen LogP contribution < -0.4 is 0 Å². The van der Waals surface area contributed by atoms with Gasteiger partial charge >= 0.3 is 5.97 Å². The summed E-state index contributed by atoms with van der Waals surface area (Å²) >= 11 is 0. The van der Waals surface area contributed by atoms with E-state index in [1.807, 2.05) is 0 Å². The molecule has 0 atom stereocenters. The molecule has 0 aromatic heterocycles. The van der Waals surface area contributed by atoms with E-state index in [9.17, 15) is 14.0 Å². The number of methoxy groups -OCH3 is 1. The van der Waals surface area contributed by atoms with Gasteiger partial charge in [0, 0.05) is 5.56 Å². The Morgan fingerprint density at radius 3 is 2.63 bits per heavy atom. The summed E-state index contributed by atoms with van der Waals surface area (Å²) in [6, 6.07) is 2.72. The zero-order valence-corrected chi connectivity index (χ0v) is 10.8. The normalized spacial score (nSPS) is 16.2. The van der Waals surface area contributed by atoms with Crippen molar-refractivity contribution in [3.8, 4) is 0 Å². The number of hydrogen-bond donors (Lipinski definition) is 0. The molecule has 1 aromatic carbocycles. The van der Waals surface area contributed by atoms with Gasteiger partial charge in [0.15, 0.2) is 0 Å². The highest BCUT2D eigenvalue weighted by atomic mass is 19.1. The van der Waals surface area contributed by atoms with Crippen molar-refractivity contribution < 1.29 is 18.7 Å². The van der Waals surface area contributed by atoms with Crippen molar-refractivity contribution in [2.75, 3.05) is 7.11 Å². The Morgan fingerprint density at radius 2 is 2.16 bits per heavy atom. The first kappa shape index (κ1) is 13.4. The molecule has 0 N–H and O–H groups in total. The summed E-state index contributed by atoms with van der Waals surface area (Å²) in [6.07, 6.45) is 3.55. The third kappa shape index (κ3) is 2.17. The van der Waals surface area contributed by atoms with E-state index in [-0.39, 0.29) is 5.56 Å². The average Bonchev–Trinajstić information content (AvgIpc) is 2.34. The number of rotatable bonds is 3. The maximum atomic E-state index is 14.1. The fourth-order valence-corrected chi connectivity index (χ4v) is 2.40. The number of isocyanates is 1. The number of carbonyl (C=O) groups excluding carboxylic acids is 2. The van der Waals surface area contributed by atoms with Crippen LogP contribution in [0, 0.1) is 12.7 Å². The minimum atomic E-state index is -0.859. The highest BCUT2D eigenvalue weighted by Gasteiger charge is 2.41. The number of hydrogen-bond acceptors (Lipinski definition) is 4. The maximum Gasteiger partial charge on any atom is 0.338 e. The number of aryl methyl sites for hydroxylation is 1. The second-order valence-electron chi connectivity index (χ2n) is 4.73. The number of nitrogens with zero attached hydrogens (tertiary/aromatic N) is 1. The predicted octanol–water partition coefficient (Wildman–Crippen LogP) is 2.64. The van der Waals surface area contributed by atoms with Crippen LogP contribution in [0.5, 0.6) is 0 Å². The second kappa shape index (κ2) is 4.94. The Kier molecular flexibility index (Phi) is 3.49. The van der Waals surface area contributed by atoms with Gasteiger partial charge in [-0.15, -0.1) is 0 Å². The van der Waals surface area contributed by atoms with Crippen molar-refractivity contribution >= 4 is 12.0 Å². The molecule has 0 aliphatic heterocycles. The van der Waals surface area contributed by atoms with Crippen molar-refractivity contribution in [1.29, 1.82) is 0 Å². The first-order valence-corrected chi connectivity index (χ1v) is 6.02. The predicted molar refractivity (Wildman–Crippen MR) is 66.1 cm³/mol. The van der Waals surface area contributed by atoms with Crippen LogP contribution in [0.4, 0.5) is 4.39 Å². The van der Waals surface area contributed by atoms with E-state index in [4.69, 9.17) is 0 Å². The largest absolute Gasteiger partial charge is 0.465 e. The highest BCUT2D eigenvalue weighted by molar-refractivity contribution is 5.91. The lowest BCUT2D eigenvalue weighted by Gasteiger charge is -2.37. The summed E-state index contributed by atoms with van der Waals surface area (Å²) in [5.74, 6) is -0.979. The first-order chi connectivity index (χ1) is 9.04. The van der Waals surface area contributed by atoms with Gasteiger partial charge in [0.25, 0.3) is 0 Å². The van der Waals surface area contributed by atoms with Gasteiger partial charge in [0.1, 0.15) is 11.4 Å². The van der Waals surface area contributed by atoms with Crippen molar-refractivity contribution in [3.63, 3.8) is 0 Å². The molecule has 4 nitrogen and oxygen atoms in total. The van der Waals surface area contributed by atoms with E-state index < -0.39 is 17.3 Å². The topological polar surface area (TPSA) is 55.7 Å². The van der Waals surface area contributed by atoms with Crippen LogP contribution in [0.25, 0.3) is 0 Å². The Balaban J connectivity index is 2.57. The molecule has 100 valence electrons. The van der Waals surface area contributed by atoms with Gasteiger partial charge in [-0.1, -0.05) is 0 Å². The number of halogens is 1. The lowest BCUT2D eigenvalue weighted by molar-refractivity contribution is 0.0599. The van der Waals surface area contributed by atoms with Crippen LogP contribution in [0.15, 0.2) is 17.1 Å². The molecule has 19 heavy (non-hydrogen) atoms. The van der Waals surface area contributed by atoms with E-state index in [0.29, 0.717) is 24.0 Å². The standard InChI is InChI=1S/C14H14FNO3/c1-9-6-12(15)11(7-10(9)13(18)19-2)14(16-8-17)4-3-5-14/h6-7H,3-5H2,1-2H3. The SMILES string of the molecule is COC(=O)c1cc(C2(N=C=O)CCC2)c(F)cc1C. The zero-order valence-electron chi connectivity index (χ0n) is 10.8. The Hall–Kier alpha value is -2.00. The smallest absolute Gasteiger partial charge is 0.338 e. The summed E-state index contributed by atoms with van der Waals surface area (Å²) in [7, 11) is 1.27. The Morgan fingerprint density at radius 1 is 1.47 bits per heavy atom. The van der Waals surface area contributed by atoms with Crippen molar-refractivity contribution in [2.45, 2.75) is 31.7 Å². The maximum absolute atomic E-state index is 14.1. The summed E-state index contributed by atoms with van der Waals surface area (Å²) in [6.45, 7) is 1.63. The van der Waals surface area contributed by atoms with E-state index >= 15 is 0 Å². The van der Waals surface area contributed by atoms with Gasteiger partial charge in [-0.05, 0) is 43.9 Å². The summed E-state index contributed by atoms with van der Waals surface area (Å²) < 4.78 is 18.8. The fraction of sp³-hybridized carbons (Fsp3) is 0.429. The molecule has 2 rings (SSSR count). The number of carbonyl (C=O) groups is 1. The molecule has 1 aliphatic rings. The molecule has 0 unspecified atom stereocenters. The van der Waals surface area contributed by atoms with Gasteiger partial charge < -0.3 is 4.74 Å². The van der Waals surface area contributed by atoms with Crippen molar-refractivity contribution in [3.05, 3.63) is 34.6 Å². The van der Waals surface area contributed by atoms with Crippen LogP contribution in [-0.4, -0.2) is 19.2 Å². The van der Waals surface area contributed by atoms with E-state index in [0.717, 1.165) is 6.42 Å². The van der Waals surface area contributed by atoms with Gasteiger partial charge in [0.2, 0.25) is 6.08 Å². The number of ether oxygens (including phenoxy) is 1. The van der Waals surface area contributed by atoms with Crippen LogP contribution in [0.1, 0.15) is 40.7 Å². The summed E-state index contributed by atoms with van der Waals surface area (Å²) in [5, 5.41) is 0. The Labute approximate surface area is 110 Å². The summed E-state index contributed by atoms with van der Waals surface area (Å²) in [5.41, 5.74) is 0.208. The second-order valence-corrected chi connectivity index (χ2v) is 4.73. The third-order valence-corrected chi connectivity index (χ3v) is 3.66. The molecule has 0 heterocycles. The molecule has 5 heteroatoms. The minimum Gasteiger partial charge on any atom is -0.465 e. The number of aliphatic imine (C=N–C) groups is 1. The van der Waals surface area contributed by atoms with Gasteiger partial charge in [0.05, 0.1) is 12.7 Å². The van der Waals surface area contributed by atoms with Crippen molar-refractivity contribution in [2.24, 2.45) is 4.99 Å². The van der Waals surface area contributed by atoms with E-state index in [2.05, 4.69) is 9.73 Å². The van der Waals surface area contributed by atoms with Crippen LogP contribution in [0.3, 0.4) is 0 Å². The minimum absolute atomic E-state index is 0.271. The van der Waals surface area contributed by atoms with Crippen LogP contribution in [-0.2, 0) is 15.1 Å². The van der Waals surface area contributed by atoms with Gasteiger partial charge in [-0.3, -0.25) is 0 Å². The van der Waals surface area contributed by atoms with Gasteiger partial charge in [-0.25, -0.2) is 14.0 Å². The molecule has 1 fully saturated rings. The van der Waals surface area contributed by atoms with Crippen LogP contribution in [0.2, 0.25) is 0 Å². The molecule has 0 radical (unpaired) electrons. The average molecular weight is 263 g/mol. The monoisotopic (exact) mass is 263 g/mol. The van der Waals surface area contributed by atoms with E-state index in [1.54, 1.807) is 6.92 Å². The third-order valence-electron chi connectivity index (χ3n) is 3.66. The lowest BCUT2D eigenvalue weighted by atomic mass is 9.71. The highest BCUT2D eigenvalue weighted by Crippen LogP contribution is 2.46. The number of esters is 1. The van der Waals surface area contributed by atoms with Gasteiger partial charge in [-0.2, -0.15) is 4.99 Å². The fourth-order valence-electron chi connectivity index (χ4n) is 2.40. The molecule has 1 aromatic rings. The zero-order chi connectivity index (χ0) is 14.0. The number of benzene rings is 1. The molecular weight excluding hydrogens is 249 g/mol. The molecule has 1 saturated carbocycles. The molecule has 0 saturated heterocycles. The molecular formula is C14H14FNO3. The molecule has 1 aliphatic carbocycles.